The van der Waals surface area contributed by atoms with Crippen LogP contribution in [-0.4, -0.2) is 4.98 Å². The molecule has 0 aliphatic heterocycles. The molecule has 2 rings (SSSR count). The number of rotatable bonds is 3. The molecule has 3 heteroatoms. The van der Waals surface area contributed by atoms with Crippen molar-refractivity contribution in [1.29, 1.82) is 0 Å². The van der Waals surface area contributed by atoms with Crippen LogP contribution in [0.1, 0.15) is 31.2 Å². The zero-order valence-electron chi connectivity index (χ0n) is 9.60. The molecular formula is C13H16N2S. The zero-order valence-corrected chi connectivity index (χ0v) is 10.4. The minimum absolute atomic E-state index is 0.531. The van der Waals surface area contributed by atoms with E-state index in [1.54, 1.807) is 11.3 Å². The first-order valence-electron chi connectivity index (χ1n) is 5.52. The van der Waals surface area contributed by atoms with Gasteiger partial charge in [-0.15, -0.1) is 11.3 Å². The summed E-state index contributed by atoms with van der Waals surface area (Å²) < 4.78 is 0. The fourth-order valence-corrected chi connectivity index (χ4v) is 2.50. The summed E-state index contributed by atoms with van der Waals surface area (Å²) in [4.78, 5) is 4.65. The molecular weight excluding hydrogens is 216 g/mol. The quantitative estimate of drug-likeness (QED) is 0.815. The fraction of sp³-hybridized carbons (Fsp3) is 0.308. The SMILES string of the molecule is CCC(C)c1nc(-c2ccccc2N)cs1. The van der Waals surface area contributed by atoms with Crippen LogP contribution in [0.4, 0.5) is 5.69 Å². The van der Waals surface area contributed by atoms with E-state index in [1.807, 2.05) is 24.3 Å². The maximum atomic E-state index is 5.94. The van der Waals surface area contributed by atoms with Crippen molar-refractivity contribution >= 4 is 17.0 Å². The van der Waals surface area contributed by atoms with Crippen molar-refractivity contribution in [3.8, 4) is 11.3 Å². The van der Waals surface area contributed by atoms with E-state index >= 15 is 0 Å². The van der Waals surface area contributed by atoms with E-state index in [4.69, 9.17) is 5.73 Å². The Kier molecular flexibility index (Phi) is 3.25. The Hall–Kier alpha value is -1.35. The number of nitrogens with zero attached hydrogens (tertiary/aromatic N) is 1. The highest BCUT2D eigenvalue weighted by Gasteiger charge is 2.10. The van der Waals surface area contributed by atoms with Crippen LogP contribution in [0.15, 0.2) is 29.6 Å². The van der Waals surface area contributed by atoms with Crippen molar-refractivity contribution in [3.63, 3.8) is 0 Å². The van der Waals surface area contributed by atoms with E-state index in [0.717, 1.165) is 23.4 Å². The number of anilines is 1. The fourth-order valence-electron chi connectivity index (χ4n) is 1.54. The number of aromatic nitrogens is 1. The second-order valence-electron chi connectivity index (χ2n) is 3.97. The summed E-state index contributed by atoms with van der Waals surface area (Å²) >= 11 is 1.72. The van der Waals surface area contributed by atoms with E-state index < -0.39 is 0 Å². The Morgan fingerprint density at radius 3 is 2.81 bits per heavy atom. The monoisotopic (exact) mass is 232 g/mol. The van der Waals surface area contributed by atoms with Crippen LogP contribution in [-0.2, 0) is 0 Å². The predicted molar refractivity (Wildman–Crippen MR) is 70.7 cm³/mol. The standard InChI is InChI=1S/C13H16N2S/c1-3-9(2)13-15-12(8-16-13)10-6-4-5-7-11(10)14/h4-9H,3,14H2,1-2H3. The van der Waals surface area contributed by atoms with Gasteiger partial charge in [-0.25, -0.2) is 4.98 Å². The van der Waals surface area contributed by atoms with E-state index in [9.17, 15) is 0 Å². The smallest absolute Gasteiger partial charge is 0.0960 e. The Balaban J connectivity index is 2.35. The molecule has 0 bridgehead atoms. The molecule has 0 radical (unpaired) electrons. The van der Waals surface area contributed by atoms with E-state index in [0.29, 0.717) is 5.92 Å². The van der Waals surface area contributed by atoms with E-state index in [1.165, 1.54) is 5.01 Å². The molecule has 0 spiro atoms. The minimum Gasteiger partial charge on any atom is -0.398 e. The average molecular weight is 232 g/mol. The Bertz CT molecular complexity index is 476. The molecule has 0 aliphatic rings. The lowest BCUT2D eigenvalue weighted by molar-refractivity contribution is 0.727. The second-order valence-corrected chi connectivity index (χ2v) is 4.86. The van der Waals surface area contributed by atoms with Crippen molar-refractivity contribution < 1.29 is 0 Å². The third-order valence-corrected chi connectivity index (χ3v) is 3.87. The third kappa shape index (κ3) is 2.09. The zero-order chi connectivity index (χ0) is 11.5. The average Bonchev–Trinajstić information content (AvgIpc) is 2.78. The molecule has 0 amide bonds. The van der Waals surface area contributed by atoms with Crippen molar-refractivity contribution in [2.45, 2.75) is 26.2 Å². The number of hydrogen-bond acceptors (Lipinski definition) is 3. The summed E-state index contributed by atoms with van der Waals surface area (Å²) in [6, 6.07) is 7.87. The summed E-state index contributed by atoms with van der Waals surface area (Å²) in [5.74, 6) is 0.531. The molecule has 84 valence electrons. The lowest BCUT2D eigenvalue weighted by atomic mass is 10.1. The highest BCUT2D eigenvalue weighted by atomic mass is 32.1. The van der Waals surface area contributed by atoms with Crippen LogP contribution < -0.4 is 5.73 Å². The summed E-state index contributed by atoms with van der Waals surface area (Å²) in [7, 11) is 0. The van der Waals surface area contributed by atoms with Crippen molar-refractivity contribution in [1.82, 2.24) is 4.98 Å². The molecule has 1 heterocycles. The van der Waals surface area contributed by atoms with Crippen LogP contribution in [0.25, 0.3) is 11.3 Å². The first-order chi connectivity index (χ1) is 7.72. The van der Waals surface area contributed by atoms with Crippen molar-refractivity contribution in [3.05, 3.63) is 34.7 Å². The molecule has 1 unspecified atom stereocenters. The molecule has 1 atom stereocenters. The van der Waals surface area contributed by atoms with E-state index in [2.05, 4.69) is 24.2 Å². The molecule has 2 aromatic rings. The Morgan fingerprint density at radius 1 is 1.38 bits per heavy atom. The molecule has 0 aliphatic carbocycles. The number of thiazole rings is 1. The van der Waals surface area contributed by atoms with Gasteiger partial charge in [0.1, 0.15) is 0 Å². The normalized spacial score (nSPS) is 12.6. The second kappa shape index (κ2) is 4.66. The summed E-state index contributed by atoms with van der Waals surface area (Å²) in [5, 5.41) is 3.29. The molecule has 0 saturated heterocycles. The van der Waals surface area contributed by atoms with E-state index in [-0.39, 0.29) is 0 Å². The van der Waals surface area contributed by atoms with Crippen LogP contribution in [0.3, 0.4) is 0 Å². The first-order valence-corrected chi connectivity index (χ1v) is 6.40. The first kappa shape index (κ1) is 11.1. The van der Waals surface area contributed by atoms with Crippen molar-refractivity contribution in [2.24, 2.45) is 0 Å². The molecule has 2 nitrogen and oxygen atoms in total. The van der Waals surface area contributed by atoms with Crippen molar-refractivity contribution in [2.75, 3.05) is 5.73 Å². The minimum atomic E-state index is 0.531. The summed E-state index contributed by atoms with van der Waals surface area (Å²) in [6.45, 7) is 4.39. The van der Waals surface area contributed by atoms with Crippen LogP contribution >= 0.6 is 11.3 Å². The molecule has 16 heavy (non-hydrogen) atoms. The summed E-state index contributed by atoms with van der Waals surface area (Å²) in [5.41, 5.74) is 8.76. The maximum absolute atomic E-state index is 5.94. The van der Waals surface area contributed by atoms with Crippen LogP contribution in [0.5, 0.6) is 0 Å². The van der Waals surface area contributed by atoms with Gasteiger partial charge in [0, 0.05) is 22.5 Å². The highest BCUT2D eigenvalue weighted by molar-refractivity contribution is 7.10. The van der Waals surface area contributed by atoms with Gasteiger partial charge in [-0.3, -0.25) is 0 Å². The number of para-hydroxylation sites is 1. The van der Waals surface area contributed by atoms with Gasteiger partial charge >= 0.3 is 0 Å². The van der Waals surface area contributed by atoms with Gasteiger partial charge in [0.25, 0.3) is 0 Å². The van der Waals surface area contributed by atoms with Gasteiger partial charge in [0.2, 0.25) is 0 Å². The molecule has 1 aromatic heterocycles. The van der Waals surface area contributed by atoms with Gasteiger partial charge < -0.3 is 5.73 Å². The molecule has 0 saturated carbocycles. The number of nitrogen functional groups attached to an aromatic ring is 1. The lowest BCUT2D eigenvalue weighted by Gasteiger charge is -2.03. The van der Waals surface area contributed by atoms with Crippen LogP contribution in [0, 0.1) is 0 Å². The molecule has 2 N–H and O–H groups in total. The van der Waals surface area contributed by atoms with Gasteiger partial charge in [0.15, 0.2) is 0 Å². The van der Waals surface area contributed by atoms with Gasteiger partial charge in [0.05, 0.1) is 10.7 Å². The largest absolute Gasteiger partial charge is 0.398 e. The lowest BCUT2D eigenvalue weighted by Crippen LogP contribution is -1.92. The van der Waals surface area contributed by atoms with Gasteiger partial charge in [-0.2, -0.15) is 0 Å². The molecule has 1 aromatic carbocycles. The topological polar surface area (TPSA) is 38.9 Å². The maximum Gasteiger partial charge on any atom is 0.0960 e. The van der Waals surface area contributed by atoms with Gasteiger partial charge in [-0.05, 0) is 12.5 Å². The Labute approximate surface area is 100 Å². The number of hydrogen-bond donors (Lipinski definition) is 1. The number of benzene rings is 1. The third-order valence-electron chi connectivity index (χ3n) is 2.79. The Morgan fingerprint density at radius 2 is 2.12 bits per heavy atom. The predicted octanol–water partition coefficient (Wildman–Crippen LogP) is 3.91. The van der Waals surface area contributed by atoms with Gasteiger partial charge in [-0.1, -0.05) is 32.0 Å². The van der Waals surface area contributed by atoms with Crippen LogP contribution in [0.2, 0.25) is 0 Å². The summed E-state index contributed by atoms with van der Waals surface area (Å²) in [6.07, 6.45) is 1.12. The molecule has 0 fully saturated rings. The highest BCUT2D eigenvalue weighted by Crippen LogP contribution is 2.30. The number of nitrogens with two attached hydrogens (primary N) is 1.